The van der Waals surface area contributed by atoms with E-state index in [9.17, 15) is 4.79 Å². The molecule has 3 aromatic carbocycles. The van der Waals surface area contributed by atoms with E-state index in [1.807, 2.05) is 79.7 Å². The number of hydrogen-bond donors (Lipinski definition) is 1. The molecular weight excluding hydrogens is 508 g/mol. The second kappa shape index (κ2) is 12.4. The third kappa shape index (κ3) is 6.47. The third-order valence-corrected chi connectivity index (χ3v) is 6.63. The molecule has 5 aromatic rings. The molecule has 0 atom stereocenters. The molecular formula is C30H32N6O4. The van der Waals surface area contributed by atoms with E-state index in [2.05, 4.69) is 25.4 Å². The highest BCUT2D eigenvalue weighted by Gasteiger charge is 2.16. The first-order chi connectivity index (χ1) is 19.5. The summed E-state index contributed by atoms with van der Waals surface area (Å²) in [4.78, 5) is 18.3. The second-order valence-electron chi connectivity index (χ2n) is 9.40. The number of nitrogens with zero attached hydrogens (tertiary/aromatic N) is 5. The third-order valence-electron chi connectivity index (χ3n) is 6.63. The molecule has 1 N–H and O–H groups in total. The van der Waals surface area contributed by atoms with Gasteiger partial charge in [0.15, 0.2) is 5.82 Å². The summed E-state index contributed by atoms with van der Waals surface area (Å²) in [6, 6.07) is 23.3. The zero-order valence-electron chi connectivity index (χ0n) is 22.8. The van der Waals surface area contributed by atoms with Crippen LogP contribution in [0.5, 0.6) is 17.2 Å². The van der Waals surface area contributed by atoms with Gasteiger partial charge < -0.3 is 19.2 Å². The molecule has 40 heavy (non-hydrogen) atoms. The van der Waals surface area contributed by atoms with Crippen LogP contribution in [-0.2, 0) is 26.2 Å². The summed E-state index contributed by atoms with van der Waals surface area (Å²) < 4.78 is 18.0. The number of aromatic nitrogens is 5. The number of fused-ring (bicyclic) bond motifs is 1. The number of H-pyrrole nitrogens is 1. The van der Waals surface area contributed by atoms with Gasteiger partial charge in [0.1, 0.15) is 17.2 Å². The van der Waals surface area contributed by atoms with Crippen LogP contribution in [-0.4, -0.2) is 50.9 Å². The molecule has 0 spiro atoms. The van der Waals surface area contributed by atoms with Gasteiger partial charge in [-0.05, 0) is 77.0 Å². The Bertz CT molecular complexity index is 1610. The topological polar surface area (TPSA) is 107 Å². The second-order valence-corrected chi connectivity index (χ2v) is 9.40. The van der Waals surface area contributed by atoms with E-state index < -0.39 is 0 Å². The zero-order valence-corrected chi connectivity index (χ0v) is 22.8. The van der Waals surface area contributed by atoms with Crippen molar-refractivity contribution in [2.75, 3.05) is 20.8 Å². The molecule has 0 unspecified atom stereocenters. The minimum atomic E-state index is -0.130. The van der Waals surface area contributed by atoms with Crippen molar-refractivity contribution in [3.8, 4) is 17.2 Å². The molecule has 0 amide bonds. The van der Waals surface area contributed by atoms with Crippen molar-refractivity contribution < 1.29 is 14.2 Å². The molecule has 0 fully saturated rings. The van der Waals surface area contributed by atoms with E-state index in [1.165, 1.54) is 0 Å². The van der Waals surface area contributed by atoms with Crippen LogP contribution in [0.4, 0.5) is 0 Å². The van der Waals surface area contributed by atoms with Gasteiger partial charge in [-0.25, -0.2) is 4.68 Å². The molecule has 0 aliphatic heterocycles. The van der Waals surface area contributed by atoms with E-state index in [4.69, 9.17) is 14.2 Å². The summed E-state index contributed by atoms with van der Waals surface area (Å²) in [6.07, 6.45) is 0. The predicted molar refractivity (Wildman–Crippen MR) is 152 cm³/mol. The fourth-order valence-electron chi connectivity index (χ4n) is 4.56. The van der Waals surface area contributed by atoms with Crippen LogP contribution >= 0.6 is 0 Å². The van der Waals surface area contributed by atoms with Crippen LogP contribution in [0.1, 0.15) is 29.4 Å². The van der Waals surface area contributed by atoms with E-state index in [1.54, 1.807) is 18.9 Å². The van der Waals surface area contributed by atoms with Crippen molar-refractivity contribution in [3.05, 3.63) is 106 Å². The van der Waals surface area contributed by atoms with Crippen LogP contribution in [0.15, 0.2) is 77.6 Å². The highest BCUT2D eigenvalue weighted by molar-refractivity contribution is 5.80. The molecule has 206 valence electrons. The molecule has 10 heteroatoms. The normalized spacial score (nSPS) is 11.2. The van der Waals surface area contributed by atoms with E-state index >= 15 is 0 Å². The minimum Gasteiger partial charge on any atom is -0.497 e. The maximum absolute atomic E-state index is 13.1. The lowest BCUT2D eigenvalue weighted by atomic mass is 10.1. The maximum atomic E-state index is 13.1. The van der Waals surface area contributed by atoms with E-state index in [0.717, 1.165) is 39.3 Å². The molecule has 2 aromatic heterocycles. The van der Waals surface area contributed by atoms with Gasteiger partial charge in [-0.3, -0.25) is 9.69 Å². The largest absolute Gasteiger partial charge is 0.497 e. The Morgan fingerprint density at radius 3 is 2.17 bits per heavy atom. The average Bonchev–Trinajstić information content (AvgIpc) is 3.40. The van der Waals surface area contributed by atoms with Crippen molar-refractivity contribution >= 4 is 10.9 Å². The smallest absolute Gasteiger partial charge is 0.252 e. The number of ether oxygens (including phenoxy) is 3. The molecule has 0 bridgehead atoms. The number of nitrogens with one attached hydrogen (secondary N) is 1. The number of pyridine rings is 1. The van der Waals surface area contributed by atoms with Crippen molar-refractivity contribution in [1.82, 2.24) is 30.1 Å². The predicted octanol–water partition coefficient (Wildman–Crippen LogP) is 4.18. The van der Waals surface area contributed by atoms with Gasteiger partial charge in [0.05, 0.1) is 33.9 Å². The quantitative estimate of drug-likeness (QED) is 0.251. The Kier molecular flexibility index (Phi) is 8.36. The zero-order chi connectivity index (χ0) is 27.9. The lowest BCUT2D eigenvalue weighted by Crippen LogP contribution is -2.28. The van der Waals surface area contributed by atoms with Crippen molar-refractivity contribution in [1.29, 1.82) is 0 Å². The molecule has 0 saturated heterocycles. The summed E-state index contributed by atoms with van der Waals surface area (Å²) in [5.41, 5.74) is 3.40. The van der Waals surface area contributed by atoms with Gasteiger partial charge >= 0.3 is 0 Å². The van der Waals surface area contributed by atoms with E-state index in [0.29, 0.717) is 44.2 Å². The summed E-state index contributed by atoms with van der Waals surface area (Å²) in [7, 11) is 3.29. The minimum absolute atomic E-state index is 0.130. The summed E-state index contributed by atoms with van der Waals surface area (Å²) in [5.74, 6) is 3.04. The standard InChI is InChI=1S/C30H32N6O4/c1-4-40-27-13-14-28-23(16-27)15-24(30(37)31-28)19-35(17-21-5-9-25(38-2)10-6-21)20-29-32-33-34-36(29)18-22-7-11-26(39-3)12-8-22/h5-16H,4,17-20H2,1-3H3,(H,31,37). The van der Waals surface area contributed by atoms with Crippen LogP contribution in [0.25, 0.3) is 10.9 Å². The number of benzene rings is 3. The Hall–Kier alpha value is -4.70. The van der Waals surface area contributed by atoms with Gasteiger partial charge in [-0.15, -0.1) is 5.10 Å². The first kappa shape index (κ1) is 26.9. The van der Waals surface area contributed by atoms with Crippen LogP contribution in [0.2, 0.25) is 0 Å². The molecule has 10 nitrogen and oxygen atoms in total. The van der Waals surface area contributed by atoms with Gasteiger partial charge in [-0.1, -0.05) is 24.3 Å². The van der Waals surface area contributed by atoms with Gasteiger partial charge in [0, 0.05) is 29.6 Å². The number of aromatic amines is 1. The van der Waals surface area contributed by atoms with Gasteiger partial charge in [0.25, 0.3) is 5.56 Å². The van der Waals surface area contributed by atoms with Crippen LogP contribution in [0, 0.1) is 0 Å². The molecule has 0 aliphatic carbocycles. The molecule has 0 radical (unpaired) electrons. The average molecular weight is 541 g/mol. The molecule has 0 aliphatic rings. The number of tetrazole rings is 1. The first-order valence-corrected chi connectivity index (χ1v) is 13.1. The number of rotatable bonds is 12. The lowest BCUT2D eigenvalue weighted by molar-refractivity contribution is 0.236. The summed E-state index contributed by atoms with van der Waals surface area (Å²) >= 11 is 0. The van der Waals surface area contributed by atoms with Gasteiger partial charge in [0.2, 0.25) is 0 Å². The summed E-state index contributed by atoms with van der Waals surface area (Å²) in [5, 5.41) is 13.4. The van der Waals surface area contributed by atoms with Crippen molar-refractivity contribution in [2.45, 2.75) is 33.1 Å². The Labute approximate surface area is 232 Å². The van der Waals surface area contributed by atoms with Crippen molar-refractivity contribution in [3.63, 3.8) is 0 Å². The van der Waals surface area contributed by atoms with Crippen LogP contribution in [0.3, 0.4) is 0 Å². The van der Waals surface area contributed by atoms with Gasteiger partial charge in [-0.2, -0.15) is 0 Å². The lowest BCUT2D eigenvalue weighted by Gasteiger charge is -2.22. The Morgan fingerprint density at radius 2 is 1.50 bits per heavy atom. The van der Waals surface area contributed by atoms with Crippen molar-refractivity contribution in [2.24, 2.45) is 0 Å². The highest BCUT2D eigenvalue weighted by atomic mass is 16.5. The Morgan fingerprint density at radius 1 is 0.825 bits per heavy atom. The SMILES string of the molecule is CCOc1ccc2[nH]c(=O)c(CN(Cc3ccc(OC)cc3)Cc3nnnn3Cc3ccc(OC)cc3)cc2c1. The molecule has 2 heterocycles. The van der Waals surface area contributed by atoms with E-state index in [-0.39, 0.29) is 5.56 Å². The monoisotopic (exact) mass is 540 g/mol. The van der Waals surface area contributed by atoms with Crippen LogP contribution < -0.4 is 19.8 Å². The highest BCUT2D eigenvalue weighted by Crippen LogP contribution is 2.21. The number of methoxy groups -OCH3 is 2. The first-order valence-electron chi connectivity index (χ1n) is 13.1. The number of hydrogen-bond acceptors (Lipinski definition) is 8. The maximum Gasteiger partial charge on any atom is 0.252 e. The fourth-order valence-corrected chi connectivity index (χ4v) is 4.56. The molecule has 0 saturated carbocycles. The molecule has 5 rings (SSSR count). The summed E-state index contributed by atoms with van der Waals surface area (Å²) in [6.45, 7) is 4.44. The fraction of sp³-hybridized carbons (Fsp3) is 0.267. The Balaban J connectivity index is 1.43.